The molecule has 0 bridgehead atoms. The smallest absolute Gasteiger partial charge is 0.418 e. The zero-order valence-corrected chi connectivity index (χ0v) is 14.6. The molecule has 0 saturated carbocycles. The van der Waals surface area contributed by atoms with E-state index >= 15 is 0 Å². The van der Waals surface area contributed by atoms with Crippen LogP contribution in [-0.4, -0.2) is 20.3 Å². The molecule has 6 heteroatoms. The summed E-state index contributed by atoms with van der Waals surface area (Å²) in [6.07, 6.45) is 10.6. The van der Waals surface area contributed by atoms with Crippen LogP contribution in [0.1, 0.15) is 57.9 Å². The number of halogens is 4. The minimum Gasteiger partial charge on any atom is -0.418 e. The summed E-state index contributed by atoms with van der Waals surface area (Å²) in [5.74, 6) is 0. The van der Waals surface area contributed by atoms with Crippen LogP contribution in [0.25, 0.3) is 5.57 Å². The van der Waals surface area contributed by atoms with E-state index in [1.165, 1.54) is 61.9 Å². The van der Waals surface area contributed by atoms with Crippen LogP contribution >= 0.6 is 0 Å². The Morgan fingerprint density at radius 2 is 1.54 bits per heavy atom. The van der Waals surface area contributed by atoms with Crippen LogP contribution in [0.3, 0.4) is 0 Å². The van der Waals surface area contributed by atoms with Crippen LogP contribution < -0.4 is 4.90 Å². The van der Waals surface area contributed by atoms with Crippen LogP contribution in [0, 0.1) is 0 Å². The van der Waals surface area contributed by atoms with Crippen molar-refractivity contribution in [1.82, 2.24) is 0 Å². The summed E-state index contributed by atoms with van der Waals surface area (Å²) in [4.78, 5) is 2.53. The quantitative estimate of drug-likeness (QED) is 0.307. The fourth-order valence-corrected chi connectivity index (χ4v) is 2.83. The number of unbranched alkanes of at least 4 members (excludes halogenated alkanes) is 5. The minimum atomic E-state index is -6.00. The fraction of sp³-hybridized carbons (Fsp3) is 0.556. The highest BCUT2D eigenvalue weighted by molar-refractivity contribution is 6.50. The Kier molecular flexibility index (Phi) is 8.94. The minimum absolute atomic E-state index is 1.08. The van der Waals surface area contributed by atoms with Gasteiger partial charge in [-0.3, -0.25) is 0 Å². The molecule has 0 N–H and O–H groups in total. The van der Waals surface area contributed by atoms with Gasteiger partial charge in [0.2, 0.25) is 0 Å². The monoisotopic (exact) mass is 344 g/mol. The van der Waals surface area contributed by atoms with Crippen molar-refractivity contribution in [3.05, 3.63) is 35.9 Å². The van der Waals surface area contributed by atoms with Gasteiger partial charge in [0.05, 0.1) is 0 Å². The molecule has 1 aliphatic rings. The molecule has 1 aromatic rings. The van der Waals surface area contributed by atoms with Gasteiger partial charge in [-0.15, -0.1) is 0 Å². The number of allylic oxidation sites excluding steroid dienone is 1. The fourth-order valence-electron chi connectivity index (χ4n) is 2.83. The maximum Gasteiger partial charge on any atom is 0.673 e. The van der Waals surface area contributed by atoms with Crippen molar-refractivity contribution in [2.45, 2.75) is 52.4 Å². The molecule has 0 atom stereocenters. The molecule has 0 radical (unpaired) electrons. The van der Waals surface area contributed by atoms with E-state index in [9.17, 15) is 17.3 Å². The van der Waals surface area contributed by atoms with Crippen molar-refractivity contribution >= 4 is 18.5 Å². The number of benzene rings is 1. The molecular formula is C18H27BF4N-. The molecule has 1 aliphatic heterocycles. The van der Waals surface area contributed by atoms with E-state index in [1.54, 1.807) is 0 Å². The predicted molar refractivity (Wildman–Crippen MR) is 95.9 cm³/mol. The first-order chi connectivity index (χ1) is 11.3. The maximum absolute atomic E-state index is 9.75. The van der Waals surface area contributed by atoms with Crippen LogP contribution in [0.15, 0.2) is 30.3 Å². The molecule has 1 heterocycles. The lowest BCUT2D eigenvalue weighted by Crippen LogP contribution is -2.27. The number of anilines is 1. The standard InChI is InChI=1S/C18H27N.BF4/c1-3-4-5-6-7-10-14-19-15-13-16(2)17-11-8-9-12-18(17)19;2-1(3,4)5/h8-9,11-13H,3-7,10,14-15H2,1-2H3;/q;-1. The summed E-state index contributed by atoms with van der Waals surface area (Å²) in [6.45, 7) is 6.78. The molecule has 0 aromatic heterocycles. The average molecular weight is 344 g/mol. The summed E-state index contributed by atoms with van der Waals surface area (Å²) in [5.41, 5.74) is 4.27. The number of hydrogen-bond acceptors (Lipinski definition) is 1. The van der Waals surface area contributed by atoms with Crippen molar-refractivity contribution in [2.75, 3.05) is 18.0 Å². The first-order valence-electron chi connectivity index (χ1n) is 8.71. The van der Waals surface area contributed by atoms with Crippen LogP contribution in [0.5, 0.6) is 0 Å². The lowest BCUT2D eigenvalue weighted by molar-refractivity contribution is 0.368. The second kappa shape index (κ2) is 10.4. The van der Waals surface area contributed by atoms with Gasteiger partial charge >= 0.3 is 7.25 Å². The van der Waals surface area contributed by atoms with E-state index in [1.807, 2.05) is 0 Å². The second-order valence-electron chi connectivity index (χ2n) is 6.11. The van der Waals surface area contributed by atoms with E-state index in [0.29, 0.717) is 0 Å². The van der Waals surface area contributed by atoms with Gasteiger partial charge in [-0.1, -0.05) is 63.3 Å². The van der Waals surface area contributed by atoms with Crippen molar-refractivity contribution in [3.8, 4) is 0 Å². The Morgan fingerprint density at radius 1 is 0.958 bits per heavy atom. The third kappa shape index (κ3) is 8.41. The van der Waals surface area contributed by atoms with Gasteiger partial charge < -0.3 is 22.2 Å². The number of para-hydroxylation sites is 1. The molecule has 136 valence electrons. The van der Waals surface area contributed by atoms with Gasteiger partial charge in [-0.2, -0.15) is 0 Å². The van der Waals surface area contributed by atoms with Crippen LogP contribution in [0.2, 0.25) is 0 Å². The zero-order chi connectivity index (χ0) is 18.0. The second-order valence-corrected chi connectivity index (χ2v) is 6.11. The molecule has 0 saturated heterocycles. The van der Waals surface area contributed by atoms with Gasteiger partial charge in [0, 0.05) is 24.3 Å². The number of fused-ring (bicyclic) bond motifs is 1. The number of nitrogens with zero attached hydrogens (tertiary/aromatic N) is 1. The summed E-state index contributed by atoms with van der Waals surface area (Å²) < 4.78 is 39.0. The van der Waals surface area contributed by atoms with E-state index < -0.39 is 7.25 Å². The zero-order valence-electron chi connectivity index (χ0n) is 14.6. The molecule has 1 nitrogen and oxygen atoms in total. The SMILES string of the molecule is CCCCCCCCN1CC=C(C)c2ccccc21.F[B-](F)(F)F. The molecule has 24 heavy (non-hydrogen) atoms. The highest BCUT2D eigenvalue weighted by atomic mass is 19.5. The maximum atomic E-state index is 9.75. The van der Waals surface area contributed by atoms with E-state index in [-0.39, 0.29) is 0 Å². The molecule has 1 aromatic carbocycles. The van der Waals surface area contributed by atoms with Crippen LogP contribution in [-0.2, 0) is 0 Å². The predicted octanol–water partition coefficient (Wildman–Crippen LogP) is 6.57. The topological polar surface area (TPSA) is 3.24 Å². The van der Waals surface area contributed by atoms with Crippen molar-refractivity contribution < 1.29 is 17.3 Å². The normalized spacial score (nSPS) is 13.8. The summed E-state index contributed by atoms with van der Waals surface area (Å²) in [7, 11) is -6.00. The van der Waals surface area contributed by atoms with E-state index in [2.05, 4.69) is 49.1 Å². The van der Waals surface area contributed by atoms with Crippen LogP contribution in [0.4, 0.5) is 23.0 Å². The first kappa shape index (κ1) is 20.6. The van der Waals surface area contributed by atoms with Gasteiger partial charge in [0.1, 0.15) is 0 Å². The molecular weight excluding hydrogens is 317 g/mol. The Labute approximate surface area is 142 Å². The molecule has 0 spiro atoms. The number of rotatable bonds is 7. The summed E-state index contributed by atoms with van der Waals surface area (Å²) in [5, 5.41) is 0. The Bertz CT molecular complexity index is 508. The van der Waals surface area contributed by atoms with Gasteiger partial charge in [-0.05, 0) is 25.0 Å². The number of hydrogen-bond donors (Lipinski definition) is 0. The summed E-state index contributed by atoms with van der Waals surface area (Å²) >= 11 is 0. The lowest BCUT2D eigenvalue weighted by atomic mass is 10.00. The Hall–Kier alpha value is -1.46. The van der Waals surface area contributed by atoms with E-state index in [4.69, 9.17) is 0 Å². The van der Waals surface area contributed by atoms with Crippen molar-refractivity contribution in [2.24, 2.45) is 0 Å². The van der Waals surface area contributed by atoms with E-state index in [0.717, 1.165) is 6.54 Å². The Balaban J connectivity index is 0.000000505. The first-order valence-corrected chi connectivity index (χ1v) is 8.71. The van der Waals surface area contributed by atoms with Crippen molar-refractivity contribution in [1.29, 1.82) is 0 Å². The molecule has 0 aliphatic carbocycles. The average Bonchev–Trinajstić information content (AvgIpc) is 2.51. The highest BCUT2D eigenvalue weighted by Gasteiger charge is 2.20. The summed E-state index contributed by atoms with van der Waals surface area (Å²) in [6, 6.07) is 8.81. The van der Waals surface area contributed by atoms with Gasteiger partial charge in [0.15, 0.2) is 0 Å². The lowest BCUT2D eigenvalue weighted by Gasteiger charge is -2.30. The van der Waals surface area contributed by atoms with Gasteiger partial charge in [0.25, 0.3) is 0 Å². The third-order valence-electron chi connectivity index (χ3n) is 4.07. The molecule has 0 fully saturated rings. The third-order valence-corrected chi connectivity index (χ3v) is 4.07. The highest BCUT2D eigenvalue weighted by Crippen LogP contribution is 2.30. The molecule has 0 unspecified atom stereocenters. The van der Waals surface area contributed by atoms with Crippen molar-refractivity contribution in [3.63, 3.8) is 0 Å². The molecule has 2 rings (SSSR count). The Morgan fingerprint density at radius 3 is 2.21 bits per heavy atom. The molecule has 0 amide bonds. The largest absolute Gasteiger partial charge is 0.673 e. The van der Waals surface area contributed by atoms with Gasteiger partial charge in [-0.25, -0.2) is 0 Å².